The van der Waals surface area contributed by atoms with Gasteiger partial charge in [0.15, 0.2) is 5.82 Å². The van der Waals surface area contributed by atoms with Crippen LogP contribution in [0.25, 0.3) is 40.1 Å². The van der Waals surface area contributed by atoms with Crippen molar-refractivity contribution in [2.45, 2.75) is 31.6 Å². The first-order valence-corrected chi connectivity index (χ1v) is 16.1. The van der Waals surface area contributed by atoms with E-state index in [1.807, 2.05) is 95.5 Å². The molecule has 0 aliphatic carbocycles. The fraction of sp³-hybridized carbons (Fsp3) is 0.176. The predicted octanol–water partition coefficient (Wildman–Crippen LogP) is 7.01. The Labute approximate surface area is 258 Å². The summed E-state index contributed by atoms with van der Waals surface area (Å²) in [5.74, 6) is 2.42. The molecule has 9 heteroatoms. The van der Waals surface area contributed by atoms with Gasteiger partial charge < -0.3 is 4.74 Å². The van der Waals surface area contributed by atoms with Crippen molar-refractivity contribution in [1.29, 1.82) is 0 Å². The van der Waals surface area contributed by atoms with Crippen LogP contribution in [0.15, 0.2) is 94.7 Å². The molecule has 3 aromatic heterocycles. The summed E-state index contributed by atoms with van der Waals surface area (Å²) in [7, 11) is 0. The highest BCUT2D eigenvalue weighted by molar-refractivity contribution is 7.99. The number of thiazole rings is 1. The van der Waals surface area contributed by atoms with E-state index in [0.717, 1.165) is 52.4 Å². The van der Waals surface area contributed by atoms with Gasteiger partial charge in [0.25, 0.3) is 5.56 Å². The third kappa shape index (κ3) is 6.63. The first kappa shape index (κ1) is 28.6. The second kappa shape index (κ2) is 13.2. The van der Waals surface area contributed by atoms with Gasteiger partial charge in [-0.05, 0) is 72.7 Å². The summed E-state index contributed by atoms with van der Waals surface area (Å²) in [4.78, 5) is 19.8. The van der Waals surface area contributed by atoms with Gasteiger partial charge in [-0.1, -0.05) is 73.7 Å². The van der Waals surface area contributed by atoms with E-state index in [2.05, 4.69) is 48.2 Å². The molecule has 7 nitrogen and oxygen atoms in total. The van der Waals surface area contributed by atoms with Gasteiger partial charge in [-0.3, -0.25) is 4.79 Å². The second-order valence-corrected chi connectivity index (χ2v) is 12.1. The minimum atomic E-state index is -0.200. The highest BCUT2D eigenvalue weighted by atomic mass is 32.2. The summed E-state index contributed by atoms with van der Waals surface area (Å²) in [5, 5.41) is 9.39. The van der Waals surface area contributed by atoms with Crippen molar-refractivity contribution in [3.8, 4) is 22.7 Å². The largest absolute Gasteiger partial charge is 0.494 e. The zero-order chi connectivity index (χ0) is 29.6. The van der Waals surface area contributed by atoms with Crippen LogP contribution in [0.2, 0.25) is 0 Å². The SMILES string of the molecule is CCCOc1ccc(/C=C/c2nc3s/c(=C\c4cn(-c5ccccc5)nc4-c4ccc(SCCC)cc4)c(=O)n3n2)cc1. The second-order valence-electron chi connectivity index (χ2n) is 9.92. The molecule has 43 heavy (non-hydrogen) atoms. The maximum Gasteiger partial charge on any atom is 0.291 e. The Morgan fingerprint density at radius 3 is 2.42 bits per heavy atom. The first-order valence-electron chi connectivity index (χ1n) is 14.3. The maximum absolute atomic E-state index is 13.4. The van der Waals surface area contributed by atoms with Gasteiger partial charge in [-0.25, -0.2) is 4.68 Å². The van der Waals surface area contributed by atoms with Gasteiger partial charge in [0.2, 0.25) is 4.96 Å². The Morgan fingerprint density at radius 1 is 0.907 bits per heavy atom. The Hall–Kier alpha value is -4.47. The van der Waals surface area contributed by atoms with Crippen LogP contribution in [0.3, 0.4) is 0 Å². The number of thioether (sulfide) groups is 1. The molecule has 0 radical (unpaired) electrons. The highest BCUT2D eigenvalue weighted by Gasteiger charge is 2.14. The van der Waals surface area contributed by atoms with Gasteiger partial charge in [0, 0.05) is 22.2 Å². The number of benzene rings is 3. The molecule has 6 aromatic rings. The predicted molar refractivity (Wildman–Crippen MR) is 177 cm³/mol. The fourth-order valence-electron chi connectivity index (χ4n) is 4.49. The van der Waals surface area contributed by atoms with Crippen LogP contribution in [0.4, 0.5) is 0 Å². The van der Waals surface area contributed by atoms with Crippen LogP contribution in [-0.4, -0.2) is 36.7 Å². The van der Waals surface area contributed by atoms with E-state index >= 15 is 0 Å². The lowest BCUT2D eigenvalue weighted by atomic mass is 10.1. The molecule has 0 saturated heterocycles. The number of hydrogen-bond donors (Lipinski definition) is 0. The molecule has 0 saturated carbocycles. The molecule has 0 fully saturated rings. The van der Waals surface area contributed by atoms with Gasteiger partial charge in [-0.2, -0.15) is 14.6 Å². The van der Waals surface area contributed by atoms with E-state index in [-0.39, 0.29) is 5.56 Å². The number of ether oxygens (including phenoxy) is 1. The quantitative estimate of drug-likeness (QED) is 0.148. The Kier molecular flexibility index (Phi) is 8.81. The lowest BCUT2D eigenvalue weighted by Gasteiger charge is -2.03. The molecule has 0 bridgehead atoms. The smallest absolute Gasteiger partial charge is 0.291 e. The normalized spacial score (nSPS) is 12.1. The molecule has 3 heterocycles. The molecule has 0 N–H and O–H groups in total. The molecular formula is C34H31N5O2S2. The molecular weight excluding hydrogens is 575 g/mol. The minimum Gasteiger partial charge on any atom is -0.494 e. The van der Waals surface area contributed by atoms with E-state index in [0.29, 0.717) is 21.9 Å². The fourth-order valence-corrected chi connectivity index (χ4v) is 6.16. The Bertz CT molecular complexity index is 1960. The summed E-state index contributed by atoms with van der Waals surface area (Å²) in [6.07, 6.45) is 9.70. The summed E-state index contributed by atoms with van der Waals surface area (Å²) in [6.45, 7) is 4.96. The van der Waals surface area contributed by atoms with Crippen molar-refractivity contribution in [3.05, 3.63) is 117 Å². The molecule has 0 aliphatic rings. The van der Waals surface area contributed by atoms with Crippen LogP contribution in [0.1, 0.15) is 43.6 Å². The van der Waals surface area contributed by atoms with Crippen LogP contribution in [0.5, 0.6) is 5.75 Å². The molecule has 216 valence electrons. The Balaban J connectivity index is 1.31. The van der Waals surface area contributed by atoms with Crippen molar-refractivity contribution >= 4 is 46.3 Å². The maximum atomic E-state index is 13.4. The van der Waals surface area contributed by atoms with Crippen molar-refractivity contribution in [2.75, 3.05) is 12.4 Å². The van der Waals surface area contributed by atoms with E-state index in [4.69, 9.17) is 9.84 Å². The minimum absolute atomic E-state index is 0.200. The lowest BCUT2D eigenvalue weighted by Crippen LogP contribution is -2.23. The zero-order valence-corrected chi connectivity index (χ0v) is 25.6. The zero-order valence-electron chi connectivity index (χ0n) is 24.0. The Morgan fingerprint density at radius 2 is 1.70 bits per heavy atom. The molecule has 6 rings (SSSR count). The van der Waals surface area contributed by atoms with Crippen molar-refractivity contribution in [3.63, 3.8) is 0 Å². The van der Waals surface area contributed by atoms with Crippen LogP contribution >= 0.6 is 23.1 Å². The average molecular weight is 606 g/mol. The van der Waals surface area contributed by atoms with Crippen LogP contribution in [0, 0.1) is 0 Å². The number of nitrogens with zero attached hydrogens (tertiary/aromatic N) is 5. The van der Waals surface area contributed by atoms with Gasteiger partial charge in [0.1, 0.15) is 5.75 Å². The average Bonchev–Trinajstić information content (AvgIpc) is 3.73. The number of aromatic nitrogens is 5. The molecule has 3 aromatic carbocycles. The van der Waals surface area contributed by atoms with Crippen LogP contribution in [-0.2, 0) is 0 Å². The summed E-state index contributed by atoms with van der Waals surface area (Å²) < 4.78 is 9.43. The topological polar surface area (TPSA) is 74.3 Å². The van der Waals surface area contributed by atoms with E-state index < -0.39 is 0 Å². The lowest BCUT2D eigenvalue weighted by molar-refractivity contribution is 0.317. The molecule has 0 unspecified atom stereocenters. The standard InChI is InChI=1S/C34H31N5O2S2/c1-3-20-41-28-15-10-24(11-16-28)12-19-31-35-34-39(36-31)33(40)30(43-34)22-26-23-38(27-8-6-5-7-9-27)37-32(26)25-13-17-29(18-14-25)42-21-4-2/h5-19,22-23H,3-4,20-21H2,1-2H3/b19-12+,30-22-. The number of para-hydroxylation sites is 1. The number of hydrogen-bond acceptors (Lipinski definition) is 7. The van der Waals surface area contributed by atoms with E-state index in [1.165, 1.54) is 20.7 Å². The molecule has 0 amide bonds. The van der Waals surface area contributed by atoms with Crippen molar-refractivity contribution in [1.82, 2.24) is 24.4 Å². The first-order chi connectivity index (χ1) is 21.1. The number of rotatable bonds is 11. The van der Waals surface area contributed by atoms with Crippen LogP contribution < -0.4 is 14.8 Å². The molecule has 0 aliphatic heterocycles. The van der Waals surface area contributed by atoms with E-state index in [1.54, 1.807) is 0 Å². The van der Waals surface area contributed by atoms with Gasteiger partial charge in [-0.15, -0.1) is 16.9 Å². The third-order valence-corrected chi connectivity index (χ3v) is 8.80. The van der Waals surface area contributed by atoms with E-state index in [9.17, 15) is 4.79 Å². The number of fused-ring (bicyclic) bond motifs is 1. The van der Waals surface area contributed by atoms with Crippen molar-refractivity contribution < 1.29 is 4.74 Å². The van der Waals surface area contributed by atoms with Gasteiger partial charge in [0.05, 0.1) is 22.5 Å². The summed E-state index contributed by atoms with van der Waals surface area (Å²) in [6, 6.07) is 26.3. The van der Waals surface area contributed by atoms with Gasteiger partial charge >= 0.3 is 0 Å². The van der Waals surface area contributed by atoms with Crippen molar-refractivity contribution in [2.24, 2.45) is 0 Å². The third-order valence-electron chi connectivity index (χ3n) is 6.63. The highest BCUT2D eigenvalue weighted by Crippen LogP contribution is 2.27. The summed E-state index contributed by atoms with van der Waals surface area (Å²) in [5.41, 5.74) is 4.40. The molecule has 0 atom stereocenters. The molecule has 0 spiro atoms. The monoisotopic (exact) mass is 605 g/mol. The summed E-state index contributed by atoms with van der Waals surface area (Å²) >= 11 is 3.17.